The number of hydrogen-bond acceptors (Lipinski definition) is 4. The molecule has 152 valence electrons. The highest BCUT2D eigenvalue weighted by atomic mass is 16.3. The van der Waals surface area contributed by atoms with E-state index in [1.54, 1.807) is 0 Å². The second-order valence-electron chi connectivity index (χ2n) is 7.69. The van der Waals surface area contributed by atoms with Crippen LogP contribution in [-0.4, -0.2) is 46.8 Å². The lowest BCUT2D eigenvalue weighted by atomic mass is 10.2. The van der Waals surface area contributed by atoms with E-state index < -0.39 is 0 Å². The van der Waals surface area contributed by atoms with Crippen LogP contribution in [0.1, 0.15) is 21.9 Å². The molecule has 4 aromatic rings. The lowest BCUT2D eigenvalue weighted by molar-refractivity contribution is 0.0717. The predicted octanol–water partition coefficient (Wildman–Crippen LogP) is 4.20. The van der Waals surface area contributed by atoms with Crippen molar-refractivity contribution in [3.8, 4) is 5.69 Å². The highest BCUT2D eigenvalue weighted by molar-refractivity contribution is 5.96. The highest BCUT2D eigenvalue weighted by Gasteiger charge is 2.27. The van der Waals surface area contributed by atoms with Gasteiger partial charge < -0.3 is 14.2 Å². The van der Waals surface area contributed by atoms with Crippen molar-refractivity contribution < 1.29 is 9.21 Å². The molecule has 6 heteroatoms. The lowest BCUT2D eigenvalue weighted by Crippen LogP contribution is -2.49. The van der Waals surface area contributed by atoms with Crippen molar-refractivity contribution in [1.82, 2.24) is 14.7 Å². The molecule has 3 heterocycles. The SMILES string of the molecule is Cc1nn(-c2ccccc2)c(C)c1N1CCN(C(=O)c2cc3ccccc3o2)CC1. The maximum Gasteiger partial charge on any atom is 0.289 e. The number of nitrogens with zero attached hydrogens (tertiary/aromatic N) is 4. The molecule has 5 rings (SSSR count). The molecule has 0 N–H and O–H groups in total. The van der Waals surface area contributed by atoms with E-state index >= 15 is 0 Å². The van der Waals surface area contributed by atoms with Crippen molar-refractivity contribution in [2.45, 2.75) is 13.8 Å². The minimum absolute atomic E-state index is 0.0423. The van der Waals surface area contributed by atoms with Crippen molar-refractivity contribution in [3.05, 3.63) is 77.8 Å². The molecule has 0 spiro atoms. The van der Waals surface area contributed by atoms with E-state index in [0.29, 0.717) is 18.8 Å². The second kappa shape index (κ2) is 7.37. The number of hydrogen-bond donors (Lipinski definition) is 0. The van der Waals surface area contributed by atoms with E-state index in [1.165, 1.54) is 0 Å². The molecule has 1 amide bonds. The van der Waals surface area contributed by atoms with E-state index in [1.807, 2.05) is 65.0 Å². The third-order valence-electron chi connectivity index (χ3n) is 5.77. The number of carbonyl (C=O) groups is 1. The number of para-hydroxylation sites is 2. The molecule has 2 aromatic heterocycles. The van der Waals surface area contributed by atoms with E-state index in [2.05, 4.69) is 24.0 Å². The molecular weight excluding hydrogens is 376 g/mol. The first-order chi connectivity index (χ1) is 14.6. The zero-order valence-corrected chi connectivity index (χ0v) is 17.2. The summed E-state index contributed by atoms with van der Waals surface area (Å²) in [6.07, 6.45) is 0. The maximum absolute atomic E-state index is 12.9. The van der Waals surface area contributed by atoms with Gasteiger partial charge in [0.2, 0.25) is 0 Å². The Labute approximate surface area is 175 Å². The molecule has 6 nitrogen and oxygen atoms in total. The summed E-state index contributed by atoms with van der Waals surface area (Å²) in [4.78, 5) is 17.1. The summed E-state index contributed by atoms with van der Waals surface area (Å²) in [6.45, 7) is 7.01. The van der Waals surface area contributed by atoms with E-state index in [0.717, 1.165) is 46.8 Å². The fourth-order valence-corrected chi connectivity index (χ4v) is 4.29. The average molecular weight is 400 g/mol. The van der Waals surface area contributed by atoms with Gasteiger partial charge in [-0.05, 0) is 38.1 Å². The van der Waals surface area contributed by atoms with Crippen LogP contribution in [0.2, 0.25) is 0 Å². The van der Waals surface area contributed by atoms with Gasteiger partial charge in [0.05, 0.1) is 22.8 Å². The Hall–Kier alpha value is -3.54. The van der Waals surface area contributed by atoms with Crippen molar-refractivity contribution in [2.75, 3.05) is 31.1 Å². The molecule has 1 fully saturated rings. The monoisotopic (exact) mass is 400 g/mol. The number of benzene rings is 2. The summed E-state index contributed by atoms with van der Waals surface area (Å²) in [7, 11) is 0. The molecule has 2 aromatic carbocycles. The van der Waals surface area contributed by atoms with Gasteiger partial charge in [-0.25, -0.2) is 4.68 Å². The Morgan fingerprint density at radius 3 is 2.37 bits per heavy atom. The van der Waals surface area contributed by atoms with Crippen molar-refractivity contribution in [3.63, 3.8) is 0 Å². The smallest absolute Gasteiger partial charge is 0.289 e. The van der Waals surface area contributed by atoms with Gasteiger partial charge in [0.1, 0.15) is 5.58 Å². The number of piperazine rings is 1. The van der Waals surface area contributed by atoms with Gasteiger partial charge in [0.15, 0.2) is 5.76 Å². The minimum Gasteiger partial charge on any atom is -0.451 e. The first-order valence-electron chi connectivity index (χ1n) is 10.3. The Morgan fingerprint density at radius 2 is 1.63 bits per heavy atom. The van der Waals surface area contributed by atoms with Crippen LogP contribution in [0.15, 0.2) is 65.1 Å². The van der Waals surface area contributed by atoms with Crippen LogP contribution >= 0.6 is 0 Å². The third-order valence-corrected chi connectivity index (χ3v) is 5.77. The Morgan fingerprint density at radius 1 is 0.933 bits per heavy atom. The summed E-state index contributed by atoms with van der Waals surface area (Å²) >= 11 is 0. The van der Waals surface area contributed by atoms with E-state index in [9.17, 15) is 4.79 Å². The fraction of sp³-hybridized carbons (Fsp3) is 0.250. The molecular formula is C24H24N4O2. The number of rotatable bonds is 3. The number of carbonyl (C=O) groups excluding carboxylic acids is 1. The van der Waals surface area contributed by atoms with Gasteiger partial charge in [-0.3, -0.25) is 4.79 Å². The first kappa shape index (κ1) is 18.5. The number of anilines is 1. The molecule has 1 aliphatic heterocycles. The van der Waals surface area contributed by atoms with Gasteiger partial charge in [-0.15, -0.1) is 0 Å². The fourth-order valence-electron chi connectivity index (χ4n) is 4.29. The van der Waals surface area contributed by atoms with Crippen molar-refractivity contribution >= 4 is 22.6 Å². The normalized spacial score (nSPS) is 14.5. The number of amides is 1. The third kappa shape index (κ3) is 3.14. The molecule has 0 radical (unpaired) electrons. The minimum atomic E-state index is -0.0423. The standard InChI is InChI=1S/C24H24N4O2/c1-17-23(18(2)28(25-17)20-9-4-3-5-10-20)26-12-14-27(15-13-26)24(29)22-16-19-8-6-7-11-21(19)30-22/h3-11,16H,12-15H2,1-2H3. The predicted molar refractivity (Wildman–Crippen MR) is 117 cm³/mol. The van der Waals surface area contributed by atoms with E-state index in [4.69, 9.17) is 9.52 Å². The maximum atomic E-state index is 12.9. The lowest BCUT2D eigenvalue weighted by Gasteiger charge is -2.35. The molecule has 1 aliphatic rings. The van der Waals surface area contributed by atoms with Crippen LogP contribution in [0.3, 0.4) is 0 Å². The Bertz CT molecular complexity index is 1170. The van der Waals surface area contributed by atoms with Gasteiger partial charge in [-0.2, -0.15) is 5.10 Å². The van der Waals surface area contributed by atoms with Gasteiger partial charge in [-0.1, -0.05) is 36.4 Å². The largest absolute Gasteiger partial charge is 0.451 e. The molecule has 0 unspecified atom stereocenters. The van der Waals surface area contributed by atoms with Crippen LogP contribution in [0.25, 0.3) is 16.7 Å². The topological polar surface area (TPSA) is 54.5 Å². The first-order valence-corrected chi connectivity index (χ1v) is 10.3. The number of aryl methyl sites for hydroxylation is 1. The number of furan rings is 1. The number of aromatic nitrogens is 2. The molecule has 0 saturated carbocycles. The van der Waals surface area contributed by atoms with Crippen LogP contribution in [-0.2, 0) is 0 Å². The van der Waals surface area contributed by atoms with Crippen LogP contribution < -0.4 is 4.90 Å². The Kier molecular flexibility index (Phi) is 4.54. The molecule has 0 bridgehead atoms. The molecule has 0 aliphatic carbocycles. The average Bonchev–Trinajstić information content (AvgIpc) is 3.34. The molecule has 30 heavy (non-hydrogen) atoms. The highest BCUT2D eigenvalue weighted by Crippen LogP contribution is 2.28. The zero-order valence-electron chi connectivity index (χ0n) is 17.2. The summed E-state index contributed by atoms with van der Waals surface area (Å²) < 4.78 is 7.76. The second-order valence-corrected chi connectivity index (χ2v) is 7.69. The molecule has 1 saturated heterocycles. The number of fused-ring (bicyclic) bond motifs is 1. The summed E-state index contributed by atoms with van der Waals surface area (Å²) in [5.74, 6) is 0.369. The van der Waals surface area contributed by atoms with Crippen molar-refractivity contribution in [2.24, 2.45) is 0 Å². The van der Waals surface area contributed by atoms with E-state index in [-0.39, 0.29) is 5.91 Å². The van der Waals surface area contributed by atoms with Crippen LogP contribution in [0.4, 0.5) is 5.69 Å². The van der Waals surface area contributed by atoms with Crippen LogP contribution in [0.5, 0.6) is 0 Å². The quantitative estimate of drug-likeness (QED) is 0.517. The zero-order chi connectivity index (χ0) is 20.7. The summed E-state index contributed by atoms with van der Waals surface area (Å²) in [5.41, 5.74) is 5.10. The Balaban J connectivity index is 1.32. The van der Waals surface area contributed by atoms with Crippen LogP contribution in [0, 0.1) is 13.8 Å². The van der Waals surface area contributed by atoms with Crippen molar-refractivity contribution in [1.29, 1.82) is 0 Å². The molecule has 0 atom stereocenters. The summed E-state index contributed by atoms with van der Waals surface area (Å²) in [6, 6.07) is 19.7. The summed E-state index contributed by atoms with van der Waals surface area (Å²) in [5, 5.41) is 5.72. The van der Waals surface area contributed by atoms with Gasteiger partial charge in [0, 0.05) is 31.6 Å². The van der Waals surface area contributed by atoms with Gasteiger partial charge >= 0.3 is 0 Å². The van der Waals surface area contributed by atoms with Gasteiger partial charge in [0.25, 0.3) is 5.91 Å².